The molecule has 0 unspecified atom stereocenters. The zero-order valence-corrected chi connectivity index (χ0v) is 15.7. The molecule has 7 heteroatoms. The van der Waals surface area contributed by atoms with Gasteiger partial charge in [0.15, 0.2) is 0 Å². The number of carbonyl (C=O) groups is 1. The van der Waals surface area contributed by atoms with Crippen LogP contribution in [0.3, 0.4) is 0 Å². The predicted molar refractivity (Wildman–Crippen MR) is 99.2 cm³/mol. The van der Waals surface area contributed by atoms with E-state index >= 15 is 0 Å². The number of anilines is 1. The summed E-state index contributed by atoms with van der Waals surface area (Å²) in [5, 5.41) is 0. The molecule has 1 aliphatic rings. The van der Waals surface area contributed by atoms with Crippen LogP contribution < -0.4 is 14.4 Å². The van der Waals surface area contributed by atoms with E-state index in [0.29, 0.717) is 30.2 Å². The van der Waals surface area contributed by atoms with Crippen molar-refractivity contribution in [1.29, 1.82) is 0 Å². The fourth-order valence-corrected chi connectivity index (χ4v) is 3.09. The van der Waals surface area contributed by atoms with Crippen molar-refractivity contribution in [3.63, 3.8) is 0 Å². The van der Waals surface area contributed by atoms with Crippen molar-refractivity contribution in [2.24, 2.45) is 0 Å². The van der Waals surface area contributed by atoms with E-state index in [1.165, 1.54) is 0 Å². The van der Waals surface area contributed by atoms with Crippen LogP contribution in [0.5, 0.6) is 11.5 Å². The average molecular weight is 356 g/mol. The maximum atomic E-state index is 12.9. The quantitative estimate of drug-likeness (QED) is 0.835. The lowest BCUT2D eigenvalue weighted by Crippen LogP contribution is -2.49. The maximum Gasteiger partial charge on any atom is 0.257 e. The van der Waals surface area contributed by atoms with Gasteiger partial charge in [0.1, 0.15) is 17.3 Å². The van der Waals surface area contributed by atoms with E-state index in [4.69, 9.17) is 9.47 Å². The zero-order chi connectivity index (χ0) is 18.7. The second kappa shape index (κ2) is 7.59. The molecule has 1 aromatic carbocycles. The lowest BCUT2D eigenvalue weighted by molar-refractivity contribution is 0.0743. The summed E-state index contributed by atoms with van der Waals surface area (Å²) < 4.78 is 10.6. The van der Waals surface area contributed by atoms with E-state index in [9.17, 15) is 4.79 Å². The SMILES string of the molecule is COc1ccc(C(=O)N2CCN(c3nc(C)cnc3C)CC2)c(OC)c1. The number of rotatable bonds is 4. The van der Waals surface area contributed by atoms with Crippen LogP contribution in [0, 0.1) is 13.8 Å². The molecule has 7 nitrogen and oxygen atoms in total. The molecule has 0 atom stereocenters. The largest absolute Gasteiger partial charge is 0.497 e. The number of nitrogens with zero attached hydrogens (tertiary/aromatic N) is 4. The summed E-state index contributed by atoms with van der Waals surface area (Å²) in [4.78, 5) is 25.9. The van der Waals surface area contributed by atoms with Gasteiger partial charge in [0.25, 0.3) is 5.91 Å². The zero-order valence-electron chi connectivity index (χ0n) is 15.7. The fraction of sp³-hybridized carbons (Fsp3) is 0.421. The van der Waals surface area contributed by atoms with Gasteiger partial charge in [-0.1, -0.05) is 0 Å². The van der Waals surface area contributed by atoms with Crippen LogP contribution in [-0.2, 0) is 0 Å². The van der Waals surface area contributed by atoms with Crippen molar-refractivity contribution in [1.82, 2.24) is 14.9 Å². The van der Waals surface area contributed by atoms with E-state index in [-0.39, 0.29) is 5.91 Å². The lowest BCUT2D eigenvalue weighted by Gasteiger charge is -2.36. The fourth-order valence-electron chi connectivity index (χ4n) is 3.09. The standard InChI is InChI=1S/C19H24N4O3/c1-13-12-20-14(2)18(21-13)22-7-9-23(10-8-22)19(24)16-6-5-15(25-3)11-17(16)26-4/h5-6,11-12H,7-10H2,1-4H3. The highest BCUT2D eigenvalue weighted by Crippen LogP contribution is 2.26. The van der Waals surface area contributed by atoms with Crippen molar-refractivity contribution >= 4 is 11.7 Å². The van der Waals surface area contributed by atoms with Crippen LogP contribution in [0.25, 0.3) is 0 Å². The van der Waals surface area contributed by atoms with Crippen LogP contribution in [0.4, 0.5) is 5.82 Å². The van der Waals surface area contributed by atoms with E-state index in [0.717, 1.165) is 30.3 Å². The third-order valence-electron chi connectivity index (χ3n) is 4.56. The van der Waals surface area contributed by atoms with Crippen molar-refractivity contribution in [2.45, 2.75) is 13.8 Å². The molecular formula is C19H24N4O3. The first kappa shape index (κ1) is 18.0. The number of piperazine rings is 1. The molecule has 0 bridgehead atoms. The highest BCUT2D eigenvalue weighted by molar-refractivity contribution is 5.97. The summed E-state index contributed by atoms with van der Waals surface area (Å²) in [6.45, 7) is 6.60. The Labute approximate surface area is 153 Å². The number of methoxy groups -OCH3 is 2. The summed E-state index contributed by atoms with van der Waals surface area (Å²) >= 11 is 0. The van der Waals surface area contributed by atoms with E-state index < -0.39 is 0 Å². The Bertz CT molecular complexity index is 801. The Kier molecular flexibility index (Phi) is 5.25. The van der Waals surface area contributed by atoms with Gasteiger partial charge >= 0.3 is 0 Å². The van der Waals surface area contributed by atoms with Gasteiger partial charge in [-0.15, -0.1) is 0 Å². The van der Waals surface area contributed by atoms with E-state index in [2.05, 4.69) is 14.9 Å². The highest BCUT2D eigenvalue weighted by Gasteiger charge is 2.26. The van der Waals surface area contributed by atoms with Gasteiger partial charge in [-0.25, -0.2) is 4.98 Å². The number of aromatic nitrogens is 2. The molecule has 138 valence electrons. The molecule has 1 saturated heterocycles. The Balaban J connectivity index is 1.72. The van der Waals surface area contributed by atoms with Gasteiger partial charge in [-0.2, -0.15) is 0 Å². The number of carbonyl (C=O) groups excluding carboxylic acids is 1. The van der Waals surface area contributed by atoms with Crippen molar-refractivity contribution < 1.29 is 14.3 Å². The average Bonchev–Trinajstić information content (AvgIpc) is 2.69. The van der Waals surface area contributed by atoms with Gasteiger partial charge in [-0.3, -0.25) is 9.78 Å². The summed E-state index contributed by atoms with van der Waals surface area (Å²) in [6.07, 6.45) is 1.77. The number of ether oxygens (including phenoxy) is 2. The first-order valence-corrected chi connectivity index (χ1v) is 8.60. The van der Waals surface area contributed by atoms with Crippen molar-refractivity contribution in [2.75, 3.05) is 45.3 Å². The van der Waals surface area contributed by atoms with Gasteiger partial charge in [0.05, 0.1) is 31.2 Å². The molecule has 1 aromatic heterocycles. The smallest absolute Gasteiger partial charge is 0.257 e. The molecule has 2 aromatic rings. The Morgan fingerprint density at radius 1 is 1.08 bits per heavy atom. The Morgan fingerprint density at radius 2 is 1.81 bits per heavy atom. The summed E-state index contributed by atoms with van der Waals surface area (Å²) in [5.74, 6) is 2.06. The molecule has 26 heavy (non-hydrogen) atoms. The van der Waals surface area contributed by atoms with Crippen LogP contribution in [-0.4, -0.2) is 61.2 Å². The molecule has 0 spiro atoms. The van der Waals surface area contributed by atoms with Crippen LogP contribution in [0.1, 0.15) is 21.7 Å². The normalized spacial score (nSPS) is 14.3. The third kappa shape index (κ3) is 3.56. The van der Waals surface area contributed by atoms with E-state index in [1.54, 1.807) is 38.6 Å². The van der Waals surface area contributed by atoms with Gasteiger partial charge in [0.2, 0.25) is 0 Å². The van der Waals surface area contributed by atoms with E-state index in [1.807, 2.05) is 18.7 Å². The molecule has 1 fully saturated rings. The monoisotopic (exact) mass is 356 g/mol. The number of hydrogen-bond donors (Lipinski definition) is 0. The third-order valence-corrected chi connectivity index (χ3v) is 4.56. The molecule has 1 amide bonds. The first-order chi connectivity index (χ1) is 12.5. The molecule has 2 heterocycles. The summed E-state index contributed by atoms with van der Waals surface area (Å²) in [7, 11) is 3.15. The second-order valence-electron chi connectivity index (χ2n) is 6.27. The van der Waals surface area contributed by atoms with Gasteiger partial charge < -0.3 is 19.3 Å². The van der Waals surface area contributed by atoms with Crippen LogP contribution in [0.15, 0.2) is 24.4 Å². The summed E-state index contributed by atoms with van der Waals surface area (Å²) in [5.41, 5.74) is 2.35. The van der Waals surface area contributed by atoms with Crippen molar-refractivity contribution in [3.05, 3.63) is 41.3 Å². The maximum absolute atomic E-state index is 12.9. The van der Waals surface area contributed by atoms with Crippen LogP contribution in [0.2, 0.25) is 0 Å². The molecule has 0 aliphatic carbocycles. The van der Waals surface area contributed by atoms with Gasteiger partial charge in [-0.05, 0) is 26.0 Å². The number of aryl methyl sites for hydroxylation is 2. The number of hydrogen-bond acceptors (Lipinski definition) is 6. The molecule has 0 N–H and O–H groups in total. The predicted octanol–water partition coefficient (Wildman–Crippen LogP) is 2.07. The minimum absolute atomic E-state index is 0.0313. The summed E-state index contributed by atoms with van der Waals surface area (Å²) in [6, 6.07) is 5.26. The van der Waals surface area contributed by atoms with Gasteiger partial charge in [0, 0.05) is 38.4 Å². The Hall–Kier alpha value is -2.83. The topological polar surface area (TPSA) is 67.8 Å². The number of benzene rings is 1. The lowest BCUT2D eigenvalue weighted by atomic mass is 10.1. The Morgan fingerprint density at radius 3 is 2.46 bits per heavy atom. The molecule has 1 aliphatic heterocycles. The second-order valence-corrected chi connectivity index (χ2v) is 6.27. The molecule has 0 radical (unpaired) electrons. The molecule has 3 rings (SSSR count). The van der Waals surface area contributed by atoms with Crippen molar-refractivity contribution in [3.8, 4) is 11.5 Å². The number of amides is 1. The minimum atomic E-state index is -0.0313. The highest BCUT2D eigenvalue weighted by atomic mass is 16.5. The molecule has 0 saturated carbocycles. The minimum Gasteiger partial charge on any atom is -0.497 e. The molecular weight excluding hydrogens is 332 g/mol. The first-order valence-electron chi connectivity index (χ1n) is 8.60. The van der Waals surface area contributed by atoms with Crippen LogP contribution >= 0.6 is 0 Å².